The highest BCUT2D eigenvalue weighted by molar-refractivity contribution is 6.07. The second-order valence-electron chi connectivity index (χ2n) is 6.36. The first-order valence-electron chi connectivity index (χ1n) is 8.28. The SMILES string of the molecule is C[C@]1(c2ccccc2)NC(=O)N(Cc2cc(-c3ccccc3)on2)C1=O. The maximum atomic E-state index is 12.9. The summed E-state index contributed by atoms with van der Waals surface area (Å²) in [6.45, 7) is 1.77. The van der Waals surface area contributed by atoms with Crippen LogP contribution in [0.4, 0.5) is 4.79 Å². The number of amides is 3. The molecule has 2 aromatic carbocycles. The molecule has 26 heavy (non-hydrogen) atoms. The van der Waals surface area contributed by atoms with Gasteiger partial charge >= 0.3 is 6.03 Å². The lowest BCUT2D eigenvalue weighted by Crippen LogP contribution is -2.40. The Morgan fingerprint density at radius 3 is 2.38 bits per heavy atom. The number of carbonyl (C=O) groups excluding carboxylic acids is 2. The number of hydrogen-bond donors (Lipinski definition) is 1. The molecule has 0 aliphatic carbocycles. The van der Waals surface area contributed by atoms with Crippen LogP contribution < -0.4 is 5.32 Å². The van der Waals surface area contributed by atoms with E-state index in [1.54, 1.807) is 13.0 Å². The standard InChI is InChI=1S/C20H17N3O3/c1-20(15-10-6-3-7-11-15)18(24)23(19(25)21-20)13-16-12-17(26-22-16)14-8-4-2-5-9-14/h2-12H,13H2,1H3,(H,21,25)/t20-/m1/s1. The molecule has 6 nitrogen and oxygen atoms in total. The summed E-state index contributed by atoms with van der Waals surface area (Å²) in [5.74, 6) is 0.288. The Morgan fingerprint density at radius 1 is 1.04 bits per heavy atom. The number of nitrogens with one attached hydrogen (secondary N) is 1. The molecule has 1 aromatic heterocycles. The normalized spacial score (nSPS) is 19.7. The fraction of sp³-hybridized carbons (Fsp3) is 0.150. The number of nitrogens with zero attached hydrogens (tertiary/aromatic N) is 2. The van der Waals surface area contributed by atoms with Crippen molar-refractivity contribution in [3.63, 3.8) is 0 Å². The Balaban J connectivity index is 1.57. The lowest BCUT2D eigenvalue weighted by molar-refractivity contribution is -0.131. The zero-order valence-electron chi connectivity index (χ0n) is 14.2. The monoisotopic (exact) mass is 347 g/mol. The Kier molecular flexibility index (Phi) is 3.80. The first-order valence-corrected chi connectivity index (χ1v) is 8.28. The highest BCUT2D eigenvalue weighted by Gasteiger charge is 2.49. The molecule has 0 bridgehead atoms. The minimum absolute atomic E-state index is 0.0590. The summed E-state index contributed by atoms with van der Waals surface area (Å²) in [4.78, 5) is 26.5. The van der Waals surface area contributed by atoms with Gasteiger partial charge in [-0.15, -0.1) is 0 Å². The van der Waals surface area contributed by atoms with Crippen molar-refractivity contribution in [3.05, 3.63) is 78.0 Å². The Morgan fingerprint density at radius 2 is 1.69 bits per heavy atom. The molecule has 3 amide bonds. The van der Waals surface area contributed by atoms with Crippen LogP contribution in [0.5, 0.6) is 0 Å². The van der Waals surface area contributed by atoms with E-state index in [0.29, 0.717) is 11.5 Å². The number of urea groups is 1. The molecule has 0 saturated carbocycles. The summed E-state index contributed by atoms with van der Waals surface area (Å²) < 4.78 is 5.35. The van der Waals surface area contributed by atoms with E-state index in [4.69, 9.17) is 4.52 Å². The van der Waals surface area contributed by atoms with Crippen LogP contribution in [-0.4, -0.2) is 22.0 Å². The van der Waals surface area contributed by atoms with Crippen molar-refractivity contribution in [2.75, 3.05) is 0 Å². The van der Waals surface area contributed by atoms with E-state index >= 15 is 0 Å². The van der Waals surface area contributed by atoms with Crippen molar-refractivity contribution < 1.29 is 14.1 Å². The Bertz CT molecular complexity index is 953. The van der Waals surface area contributed by atoms with Crippen molar-refractivity contribution in [2.45, 2.75) is 19.0 Å². The molecule has 1 fully saturated rings. The van der Waals surface area contributed by atoms with E-state index in [9.17, 15) is 9.59 Å². The molecule has 6 heteroatoms. The van der Waals surface area contributed by atoms with E-state index in [1.165, 1.54) is 4.90 Å². The molecular weight excluding hydrogens is 330 g/mol. The molecule has 130 valence electrons. The van der Waals surface area contributed by atoms with Crippen molar-refractivity contribution >= 4 is 11.9 Å². The van der Waals surface area contributed by atoms with Gasteiger partial charge < -0.3 is 9.84 Å². The summed E-state index contributed by atoms with van der Waals surface area (Å²) in [6.07, 6.45) is 0. The maximum Gasteiger partial charge on any atom is 0.325 e. The van der Waals surface area contributed by atoms with Crippen LogP contribution >= 0.6 is 0 Å². The molecule has 1 aliphatic heterocycles. The van der Waals surface area contributed by atoms with Crippen LogP contribution in [0.2, 0.25) is 0 Å². The molecule has 1 atom stereocenters. The second kappa shape index (κ2) is 6.15. The minimum atomic E-state index is -1.08. The van der Waals surface area contributed by atoms with Gasteiger partial charge in [0.25, 0.3) is 5.91 Å². The minimum Gasteiger partial charge on any atom is -0.356 e. The van der Waals surface area contributed by atoms with Gasteiger partial charge in [0.15, 0.2) is 5.76 Å². The van der Waals surface area contributed by atoms with E-state index in [0.717, 1.165) is 11.1 Å². The van der Waals surface area contributed by atoms with Gasteiger partial charge in [0, 0.05) is 11.6 Å². The number of carbonyl (C=O) groups is 2. The Hall–Kier alpha value is -3.41. The largest absolute Gasteiger partial charge is 0.356 e. The average molecular weight is 347 g/mol. The van der Waals surface area contributed by atoms with Gasteiger partial charge in [-0.3, -0.25) is 9.69 Å². The van der Waals surface area contributed by atoms with Crippen LogP contribution in [-0.2, 0) is 16.9 Å². The van der Waals surface area contributed by atoms with Crippen LogP contribution in [0.15, 0.2) is 71.3 Å². The molecule has 1 aliphatic rings. The summed E-state index contributed by atoms with van der Waals surface area (Å²) in [6, 6.07) is 20.0. The molecule has 0 radical (unpaired) electrons. The first kappa shape index (κ1) is 16.1. The van der Waals surface area contributed by atoms with Crippen molar-refractivity contribution in [1.29, 1.82) is 0 Å². The summed E-state index contributed by atoms with van der Waals surface area (Å²) in [7, 11) is 0. The first-order chi connectivity index (χ1) is 12.6. The fourth-order valence-electron chi connectivity index (χ4n) is 3.09. The molecule has 3 aromatic rings. The molecule has 1 saturated heterocycles. The van der Waals surface area contributed by atoms with Gasteiger partial charge in [-0.2, -0.15) is 0 Å². The quantitative estimate of drug-likeness (QED) is 0.735. The van der Waals surface area contributed by atoms with Gasteiger partial charge in [0.2, 0.25) is 0 Å². The molecule has 2 heterocycles. The molecule has 1 N–H and O–H groups in total. The summed E-state index contributed by atoms with van der Waals surface area (Å²) in [5, 5.41) is 6.78. The van der Waals surface area contributed by atoms with Crippen molar-refractivity contribution in [3.8, 4) is 11.3 Å². The lowest BCUT2D eigenvalue weighted by atomic mass is 9.92. The van der Waals surface area contributed by atoms with E-state index < -0.39 is 11.6 Å². The van der Waals surface area contributed by atoms with Gasteiger partial charge in [-0.25, -0.2) is 4.79 Å². The third-order valence-electron chi connectivity index (χ3n) is 4.56. The average Bonchev–Trinajstić information content (AvgIpc) is 3.23. The topological polar surface area (TPSA) is 75.4 Å². The Labute approximate surface area is 150 Å². The van der Waals surface area contributed by atoms with Crippen molar-refractivity contribution in [2.24, 2.45) is 0 Å². The number of aromatic nitrogens is 1. The van der Waals surface area contributed by atoms with E-state index in [1.807, 2.05) is 60.7 Å². The zero-order valence-corrected chi connectivity index (χ0v) is 14.2. The second-order valence-corrected chi connectivity index (χ2v) is 6.36. The van der Waals surface area contributed by atoms with E-state index in [2.05, 4.69) is 10.5 Å². The summed E-state index contributed by atoms with van der Waals surface area (Å²) in [5.41, 5.74) is 1.07. The van der Waals surface area contributed by atoms with Gasteiger partial charge in [-0.1, -0.05) is 65.8 Å². The molecule has 4 rings (SSSR count). The number of benzene rings is 2. The van der Waals surface area contributed by atoms with Gasteiger partial charge in [0.05, 0.1) is 6.54 Å². The zero-order chi connectivity index (χ0) is 18.1. The third kappa shape index (κ3) is 2.65. The smallest absolute Gasteiger partial charge is 0.325 e. The van der Waals surface area contributed by atoms with Crippen LogP contribution in [0.25, 0.3) is 11.3 Å². The van der Waals surface area contributed by atoms with Crippen LogP contribution in [0, 0.1) is 0 Å². The van der Waals surface area contributed by atoms with Gasteiger partial charge in [0.1, 0.15) is 11.2 Å². The number of imide groups is 1. The molecular formula is C20H17N3O3. The van der Waals surface area contributed by atoms with Crippen molar-refractivity contribution in [1.82, 2.24) is 15.4 Å². The van der Waals surface area contributed by atoms with Crippen LogP contribution in [0.3, 0.4) is 0 Å². The van der Waals surface area contributed by atoms with E-state index in [-0.39, 0.29) is 12.5 Å². The third-order valence-corrected chi connectivity index (χ3v) is 4.56. The van der Waals surface area contributed by atoms with Crippen LogP contribution in [0.1, 0.15) is 18.2 Å². The molecule has 0 unspecified atom stereocenters. The highest BCUT2D eigenvalue weighted by Crippen LogP contribution is 2.30. The number of rotatable bonds is 4. The van der Waals surface area contributed by atoms with Gasteiger partial charge in [-0.05, 0) is 12.5 Å². The maximum absolute atomic E-state index is 12.9. The predicted molar refractivity (Wildman–Crippen MR) is 94.8 cm³/mol. The lowest BCUT2D eigenvalue weighted by Gasteiger charge is -2.21. The summed E-state index contributed by atoms with van der Waals surface area (Å²) >= 11 is 0. The molecule has 0 spiro atoms. The highest BCUT2D eigenvalue weighted by atomic mass is 16.5. The number of hydrogen-bond acceptors (Lipinski definition) is 4. The fourth-order valence-corrected chi connectivity index (χ4v) is 3.09. The predicted octanol–water partition coefficient (Wildman–Crippen LogP) is 3.31.